The normalized spacial score (nSPS) is 11.3. The number of benzene rings is 1. The molecule has 0 fully saturated rings. The van der Waals surface area contributed by atoms with Gasteiger partial charge in [-0.1, -0.05) is 23.7 Å². The molecule has 20 heavy (non-hydrogen) atoms. The zero-order chi connectivity index (χ0) is 14.8. The van der Waals surface area contributed by atoms with Gasteiger partial charge in [0, 0.05) is 12.7 Å². The van der Waals surface area contributed by atoms with Gasteiger partial charge in [-0.2, -0.15) is 8.42 Å². The van der Waals surface area contributed by atoms with Gasteiger partial charge in [0.25, 0.3) is 10.0 Å². The molecular formula is C13H14ClN3O2S. The molecule has 0 radical (unpaired) electrons. The number of anilines is 1. The molecule has 0 amide bonds. The highest BCUT2D eigenvalue weighted by atomic mass is 35.5. The van der Waals surface area contributed by atoms with E-state index in [4.69, 9.17) is 17.3 Å². The summed E-state index contributed by atoms with van der Waals surface area (Å²) in [6.07, 6.45) is 1.44. The van der Waals surface area contributed by atoms with Crippen LogP contribution >= 0.6 is 11.6 Å². The Morgan fingerprint density at radius 3 is 2.60 bits per heavy atom. The number of hydrogen-bond acceptors (Lipinski definition) is 4. The first-order valence-corrected chi connectivity index (χ1v) is 7.72. The van der Waals surface area contributed by atoms with Crippen molar-refractivity contribution in [2.45, 2.75) is 18.5 Å². The zero-order valence-corrected chi connectivity index (χ0v) is 12.4. The Hall–Kier alpha value is -1.63. The maximum atomic E-state index is 12.2. The third-order valence-corrected chi connectivity index (χ3v) is 4.27. The standard InChI is InChI=1S/C13H14ClN3O2S/c1-9-2-4-12(11(14)6-9)17-20(18,19)13-5-3-10(7-15)8-16-13/h2-6,8,17H,7,15H2,1H3. The van der Waals surface area contributed by atoms with E-state index in [1.807, 2.05) is 6.92 Å². The lowest BCUT2D eigenvalue weighted by atomic mass is 10.2. The van der Waals surface area contributed by atoms with Crippen molar-refractivity contribution < 1.29 is 8.42 Å². The van der Waals surface area contributed by atoms with Crippen LogP contribution in [0.25, 0.3) is 0 Å². The Kier molecular flexibility index (Phi) is 4.27. The Bertz CT molecular complexity index is 715. The molecular weight excluding hydrogens is 298 g/mol. The Morgan fingerprint density at radius 2 is 2.05 bits per heavy atom. The smallest absolute Gasteiger partial charge is 0.279 e. The monoisotopic (exact) mass is 311 g/mol. The summed E-state index contributed by atoms with van der Waals surface area (Å²) in [6.45, 7) is 2.18. The summed E-state index contributed by atoms with van der Waals surface area (Å²) in [5.41, 5.74) is 7.47. The zero-order valence-electron chi connectivity index (χ0n) is 10.8. The molecule has 0 bridgehead atoms. The van der Waals surface area contributed by atoms with E-state index in [1.165, 1.54) is 12.3 Å². The maximum absolute atomic E-state index is 12.2. The third-order valence-electron chi connectivity index (χ3n) is 2.68. The van der Waals surface area contributed by atoms with Crippen LogP contribution in [-0.4, -0.2) is 13.4 Å². The van der Waals surface area contributed by atoms with Crippen molar-refractivity contribution in [2.24, 2.45) is 5.73 Å². The summed E-state index contributed by atoms with van der Waals surface area (Å²) in [6, 6.07) is 8.10. The number of hydrogen-bond donors (Lipinski definition) is 2. The number of aromatic nitrogens is 1. The van der Waals surface area contributed by atoms with Gasteiger partial charge < -0.3 is 5.73 Å². The van der Waals surface area contributed by atoms with E-state index < -0.39 is 10.0 Å². The predicted molar refractivity (Wildman–Crippen MR) is 79.1 cm³/mol. The van der Waals surface area contributed by atoms with Crippen molar-refractivity contribution in [1.82, 2.24) is 4.98 Å². The van der Waals surface area contributed by atoms with E-state index in [-0.39, 0.29) is 5.03 Å². The Balaban J connectivity index is 2.30. The van der Waals surface area contributed by atoms with Gasteiger partial charge in [-0.05, 0) is 36.2 Å². The van der Waals surface area contributed by atoms with E-state index in [2.05, 4.69) is 9.71 Å². The molecule has 0 spiro atoms. The quantitative estimate of drug-likeness (QED) is 0.907. The van der Waals surface area contributed by atoms with Crippen LogP contribution in [0.2, 0.25) is 5.02 Å². The van der Waals surface area contributed by atoms with Crippen LogP contribution < -0.4 is 10.5 Å². The molecule has 3 N–H and O–H groups in total. The summed E-state index contributed by atoms with van der Waals surface area (Å²) >= 11 is 6.01. The second kappa shape index (κ2) is 5.78. The highest BCUT2D eigenvalue weighted by molar-refractivity contribution is 7.92. The molecule has 0 saturated heterocycles. The van der Waals surface area contributed by atoms with Crippen LogP contribution in [0.3, 0.4) is 0 Å². The molecule has 0 aliphatic carbocycles. The Morgan fingerprint density at radius 1 is 1.30 bits per heavy atom. The van der Waals surface area contributed by atoms with Gasteiger partial charge in [-0.15, -0.1) is 0 Å². The number of aryl methyl sites for hydroxylation is 1. The molecule has 0 aliphatic rings. The van der Waals surface area contributed by atoms with E-state index >= 15 is 0 Å². The SMILES string of the molecule is Cc1ccc(NS(=O)(=O)c2ccc(CN)cn2)c(Cl)c1. The molecule has 5 nitrogen and oxygen atoms in total. The van der Waals surface area contributed by atoms with Gasteiger partial charge in [-0.25, -0.2) is 4.98 Å². The minimum Gasteiger partial charge on any atom is -0.326 e. The number of nitrogens with zero attached hydrogens (tertiary/aromatic N) is 1. The van der Waals surface area contributed by atoms with Crippen molar-refractivity contribution in [3.63, 3.8) is 0 Å². The molecule has 1 aromatic heterocycles. The van der Waals surface area contributed by atoms with Gasteiger partial charge in [-0.3, -0.25) is 4.72 Å². The van der Waals surface area contributed by atoms with Crippen LogP contribution in [0, 0.1) is 6.92 Å². The van der Waals surface area contributed by atoms with E-state index in [0.29, 0.717) is 17.3 Å². The molecule has 2 rings (SSSR count). The van der Waals surface area contributed by atoms with Gasteiger partial charge in [0.05, 0.1) is 10.7 Å². The average molecular weight is 312 g/mol. The first kappa shape index (κ1) is 14.8. The number of nitrogens with two attached hydrogens (primary N) is 1. The molecule has 2 aromatic rings. The molecule has 7 heteroatoms. The average Bonchev–Trinajstić information content (AvgIpc) is 2.42. The van der Waals surface area contributed by atoms with Crippen molar-refractivity contribution in [1.29, 1.82) is 0 Å². The molecule has 0 atom stereocenters. The van der Waals surface area contributed by atoms with E-state index in [9.17, 15) is 8.42 Å². The van der Waals surface area contributed by atoms with Gasteiger partial charge in [0.15, 0.2) is 5.03 Å². The lowest BCUT2D eigenvalue weighted by Gasteiger charge is -2.09. The van der Waals surface area contributed by atoms with Crippen LogP contribution in [0.5, 0.6) is 0 Å². The van der Waals surface area contributed by atoms with Crippen molar-refractivity contribution in [3.8, 4) is 0 Å². The van der Waals surface area contributed by atoms with Crippen LogP contribution in [0.1, 0.15) is 11.1 Å². The maximum Gasteiger partial charge on any atom is 0.279 e. The summed E-state index contributed by atoms with van der Waals surface area (Å²) in [4.78, 5) is 3.89. The van der Waals surface area contributed by atoms with Gasteiger partial charge in [0.2, 0.25) is 0 Å². The number of halogens is 1. The minimum atomic E-state index is -3.76. The largest absolute Gasteiger partial charge is 0.326 e. The minimum absolute atomic E-state index is 0.0775. The number of nitrogens with one attached hydrogen (secondary N) is 1. The van der Waals surface area contributed by atoms with Gasteiger partial charge >= 0.3 is 0 Å². The molecule has 106 valence electrons. The van der Waals surface area contributed by atoms with Crippen molar-refractivity contribution in [3.05, 3.63) is 52.7 Å². The lowest BCUT2D eigenvalue weighted by Crippen LogP contribution is -2.15. The van der Waals surface area contributed by atoms with E-state index in [1.54, 1.807) is 24.3 Å². The van der Waals surface area contributed by atoms with Crippen LogP contribution in [0.4, 0.5) is 5.69 Å². The first-order valence-electron chi connectivity index (χ1n) is 5.86. The highest BCUT2D eigenvalue weighted by Crippen LogP contribution is 2.25. The van der Waals surface area contributed by atoms with Crippen molar-refractivity contribution >= 4 is 27.3 Å². The molecule has 0 aliphatic heterocycles. The Labute approximate surface area is 122 Å². The van der Waals surface area contributed by atoms with Crippen LogP contribution in [-0.2, 0) is 16.6 Å². The fourth-order valence-corrected chi connectivity index (χ4v) is 2.94. The lowest BCUT2D eigenvalue weighted by molar-refractivity contribution is 0.597. The summed E-state index contributed by atoms with van der Waals surface area (Å²) in [7, 11) is -3.76. The fraction of sp³-hybridized carbons (Fsp3) is 0.154. The summed E-state index contributed by atoms with van der Waals surface area (Å²) < 4.78 is 26.8. The highest BCUT2D eigenvalue weighted by Gasteiger charge is 2.17. The molecule has 1 aromatic carbocycles. The van der Waals surface area contributed by atoms with Crippen molar-refractivity contribution in [2.75, 3.05) is 4.72 Å². The second-order valence-electron chi connectivity index (χ2n) is 4.30. The van der Waals surface area contributed by atoms with Gasteiger partial charge in [0.1, 0.15) is 0 Å². The molecule has 0 saturated carbocycles. The summed E-state index contributed by atoms with van der Waals surface area (Å²) in [5.74, 6) is 0. The van der Waals surface area contributed by atoms with Crippen LogP contribution in [0.15, 0.2) is 41.6 Å². The van der Waals surface area contributed by atoms with E-state index in [0.717, 1.165) is 11.1 Å². The predicted octanol–water partition coefficient (Wildman–Crippen LogP) is 2.30. The number of sulfonamides is 1. The second-order valence-corrected chi connectivity index (χ2v) is 6.33. The molecule has 1 heterocycles. The first-order chi connectivity index (χ1) is 9.42. The molecule has 0 unspecified atom stereocenters. The number of pyridine rings is 1. The topological polar surface area (TPSA) is 85.1 Å². The summed E-state index contributed by atoms with van der Waals surface area (Å²) in [5, 5.41) is 0.262. The number of rotatable bonds is 4. The fourth-order valence-electron chi connectivity index (χ4n) is 1.59. The third kappa shape index (κ3) is 3.27.